The number of nitrogens with zero attached hydrogens (tertiary/aromatic N) is 2. The van der Waals surface area contributed by atoms with Gasteiger partial charge < -0.3 is 15.5 Å². The van der Waals surface area contributed by atoms with Gasteiger partial charge in [0.25, 0.3) is 0 Å². The zero-order valence-electron chi connectivity index (χ0n) is 11.6. The molecule has 0 bridgehead atoms. The molecule has 1 heterocycles. The number of aliphatic imine (C=N–C) groups is 1. The Hall–Kier alpha value is -1.53. The van der Waals surface area contributed by atoms with E-state index >= 15 is 0 Å². The molecule has 1 fully saturated rings. The smallest absolute Gasteiger partial charge is 0.188 e. The lowest BCUT2D eigenvalue weighted by Crippen LogP contribution is -2.42. The van der Waals surface area contributed by atoms with E-state index in [4.69, 9.17) is 11.6 Å². The molecule has 1 saturated carbocycles. The van der Waals surface area contributed by atoms with Crippen molar-refractivity contribution in [2.45, 2.75) is 44.6 Å². The molecule has 0 amide bonds. The minimum absolute atomic E-state index is 0.0269. The van der Waals surface area contributed by atoms with Crippen LogP contribution < -0.4 is 11.6 Å². The van der Waals surface area contributed by atoms with Gasteiger partial charge in [-0.3, -0.25) is 9.79 Å². The molecule has 0 spiro atoms. The van der Waals surface area contributed by atoms with Gasteiger partial charge >= 0.3 is 0 Å². The molecule has 20 heavy (non-hydrogen) atoms. The SMILES string of the molecule is N[C@H](C=O)CC1(C(=O)C2=CN(N)CC=N2)CCCCC1. The number of hydrogen-bond donors (Lipinski definition) is 2. The van der Waals surface area contributed by atoms with Crippen LogP contribution in [0.25, 0.3) is 0 Å². The molecule has 0 unspecified atom stereocenters. The molecule has 1 aliphatic carbocycles. The fraction of sp³-hybridized carbons (Fsp3) is 0.643. The van der Waals surface area contributed by atoms with Crippen LogP contribution in [0.4, 0.5) is 0 Å². The third-order valence-corrected chi connectivity index (χ3v) is 4.14. The highest BCUT2D eigenvalue weighted by Gasteiger charge is 2.42. The van der Waals surface area contributed by atoms with Crippen LogP contribution in [-0.2, 0) is 9.59 Å². The molecule has 4 N–H and O–H groups in total. The van der Waals surface area contributed by atoms with Crippen molar-refractivity contribution in [1.82, 2.24) is 5.01 Å². The Bertz CT molecular complexity index is 438. The Balaban J connectivity index is 2.23. The maximum atomic E-state index is 12.8. The van der Waals surface area contributed by atoms with Crippen LogP contribution in [0.3, 0.4) is 0 Å². The predicted molar refractivity (Wildman–Crippen MR) is 76.6 cm³/mol. The van der Waals surface area contributed by atoms with E-state index in [0.29, 0.717) is 18.7 Å². The first kappa shape index (κ1) is 14.9. The third kappa shape index (κ3) is 3.13. The lowest BCUT2D eigenvalue weighted by atomic mass is 9.67. The molecule has 0 radical (unpaired) electrons. The Morgan fingerprint density at radius 2 is 2.15 bits per heavy atom. The molecule has 6 heteroatoms. The number of aldehydes is 1. The maximum absolute atomic E-state index is 12.8. The highest BCUT2D eigenvalue weighted by molar-refractivity contribution is 6.01. The molecule has 6 nitrogen and oxygen atoms in total. The van der Waals surface area contributed by atoms with Gasteiger partial charge in [-0.25, -0.2) is 5.84 Å². The van der Waals surface area contributed by atoms with E-state index in [1.54, 1.807) is 12.4 Å². The molecule has 2 rings (SSSR count). The van der Waals surface area contributed by atoms with Gasteiger partial charge in [-0.2, -0.15) is 0 Å². The molecule has 110 valence electrons. The van der Waals surface area contributed by atoms with E-state index in [2.05, 4.69) is 4.99 Å². The Morgan fingerprint density at radius 3 is 2.75 bits per heavy atom. The van der Waals surface area contributed by atoms with Crippen LogP contribution in [0, 0.1) is 5.41 Å². The number of allylic oxidation sites excluding steroid dienone is 1. The number of rotatable bonds is 5. The first-order chi connectivity index (χ1) is 9.57. The van der Waals surface area contributed by atoms with E-state index < -0.39 is 11.5 Å². The zero-order chi connectivity index (χ0) is 14.6. The van der Waals surface area contributed by atoms with Crippen LogP contribution in [0.1, 0.15) is 38.5 Å². The van der Waals surface area contributed by atoms with Crippen molar-refractivity contribution in [3.8, 4) is 0 Å². The van der Waals surface area contributed by atoms with Crippen molar-refractivity contribution >= 4 is 18.3 Å². The number of Topliss-reactive ketones (excluding diaryl/α,β-unsaturated/α-hetero) is 1. The summed E-state index contributed by atoms with van der Waals surface area (Å²) in [6.45, 7) is 0.498. The highest BCUT2D eigenvalue weighted by Crippen LogP contribution is 2.42. The molecular weight excluding hydrogens is 256 g/mol. The normalized spacial score (nSPS) is 23.1. The summed E-state index contributed by atoms with van der Waals surface area (Å²) in [5.41, 5.74) is 5.59. The summed E-state index contributed by atoms with van der Waals surface area (Å²) in [6.07, 6.45) is 8.95. The Morgan fingerprint density at radius 1 is 1.45 bits per heavy atom. The van der Waals surface area contributed by atoms with Crippen LogP contribution in [-0.4, -0.2) is 35.9 Å². The van der Waals surface area contributed by atoms with Gasteiger partial charge in [-0.15, -0.1) is 0 Å². The van der Waals surface area contributed by atoms with Crippen molar-refractivity contribution in [3.63, 3.8) is 0 Å². The number of carbonyl (C=O) groups is 2. The molecular formula is C14H22N4O2. The maximum Gasteiger partial charge on any atom is 0.188 e. The summed E-state index contributed by atoms with van der Waals surface area (Å²) in [6, 6.07) is -0.598. The fourth-order valence-corrected chi connectivity index (χ4v) is 3.12. The Kier molecular flexibility index (Phi) is 4.67. The van der Waals surface area contributed by atoms with Crippen molar-refractivity contribution < 1.29 is 9.59 Å². The number of hydrazine groups is 1. The minimum Gasteiger partial charge on any atom is -0.322 e. The summed E-state index contributed by atoms with van der Waals surface area (Å²) >= 11 is 0. The standard InChI is InChI=1S/C14H22N4O2/c15-11(10-19)8-14(4-2-1-3-5-14)13(20)12-9-18(16)7-6-17-12/h6,9-11H,1-5,7-8,15-16H2/t11-/m0/s1. The first-order valence-corrected chi connectivity index (χ1v) is 7.09. The Labute approximate surface area is 118 Å². The van der Waals surface area contributed by atoms with Crippen LogP contribution in [0.2, 0.25) is 0 Å². The van der Waals surface area contributed by atoms with Crippen molar-refractivity contribution in [1.29, 1.82) is 0 Å². The summed E-state index contributed by atoms with van der Waals surface area (Å²) in [7, 11) is 0. The van der Waals surface area contributed by atoms with Gasteiger partial charge in [0.05, 0.1) is 12.6 Å². The molecule has 0 aromatic heterocycles. The van der Waals surface area contributed by atoms with E-state index in [1.807, 2.05) is 0 Å². The molecule has 1 aliphatic heterocycles. The highest BCUT2D eigenvalue weighted by atomic mass is 16.1. The third-order valence-electron chi connectivity index (χ3n) is 4.14. The quantitative estimate of drug-likeness (QED) is 0.564. The molecule has 1 atom stereocenters. The van der Waals surface area contributed by atoms with E-state index in [0.717, 1.165) is 38.4 Å². The van der Waals surface area contributed by atoms with Crippen LogP contribution in [0.15, 0.2) is 16.9 Å². The number of carbonyl (C=O) groups excluding carboxylic acids is 2. The molecule has 0 aromatic rings. The summed E-state index contributed by atoms with van der Waals surface area (Å²) in [5.74, 6) is 5.67. The van der Waals surface area contributed by atoms with Gasteiger partial charge in [0, 0.05) is 17.8 Å². The average molecular weight is 278 g/mol. The van der Waals surface area contributed by atoms with E-state index in [-0.39, 0.29) is 5.78 Å². The summed E-state index contributed by atoms with van der Waals surface area (Å²) in [4.78, 5) is 27.9. The number of hydrogen-bond acceptors (Lipinski definition) is 6. The van der Waals surface area contributed by atoms with Gasteiger partial charge in [0.1, 0.15) is 12.0 Å². The van der Waals surface area contributed by atoms with Crippen LogP contribution >= 0.6 is 0 Å². The van der Waals surface area contributed by atoms with Gasteiger partial charge in [0.2, 0.25) is 0 Å². The van der Waals surface area contributed by atoms with Crippen LogP contribution in [0.5, 0.6) is 0 Å². The average Bonchev–Trinajstić information content (AvgIpc) is 2.47. The molecule has 2 aliphatic rings. The molecule has 0 saturated heterocycles. The number of nitrogens with two attached hydrogens (primary N) is 2. The second-order valence-electron chi connectivity index (χ2n) is 5.70. The van der Waals surface area contributed by atoms with Gasteiger partial charge in [-0.1, -0.05) is 19.3 Å². The number of ketones is 1. The van der Waals surface area contributed by atoms with Gasteiger partial charge in [-0.05, 0) is 19.3 Å². The second kappa shape index (κ2) is 6.28. The summed E-state index contributed by atoms with van der Waals surface area (Å²) < 4.78 is 0. The fourth-order valence-electron chi connectivity index (χ4n) is 3.12. The minimum atomic E-state index is -0.598. The van der Waals surface area contributed by atoms with E-state index in [1.165, 1.54) is 5.01 Å². The topological polar surface area (TPSA) is 102 Å². The largest absolute Gasteiger partial charge is 0.322 e. The van der Waals surface area contributed by atoms with Crippen molar-refractivity contribution in [3.05, 3.63) is 11.9 Å². The predicted octanol–water partition coefficient (Wildman–Crippen LogP) is 0.524. The van der Waals surface area contributed by atoms with Crippen molar-refractivity contribution in [2.75, 3.05) is 6.54 Å². The summed E-state index contributed by atoms with van der Waals surface area (Å²) in [5, 5.41) is 1.44. The lowest BCUT2D eigenvalue weighted by Gasteiger charge is -2.37. The molecule has 0 aromatic carbocycles. The zero-order valence-corrected chi connectivity index (χ0v) is 11.6. The van der Waals surface area contributed by atoms with E-state index in [9.17, 15) is 9.59 Å². The second-order valence-corrected chi connectivity index (χ2v) is 5.70. The van der Waals surface area contributed by atoms with Crippen molar-refractivity contribution in [2.24, 2.45) is 22.0 Å². The lowest BCUT2D eigenvalue weighted by molar-refractivity contribution is -0.128. The van der Waals surface area contributed by atoms with Gasteiger partial charge in [0.15, 0.2) is 5.78 Å². The monoisotopic (exact) mass is 278 g/mol. The first-order valence-electron chi connectivity index (χ1n) is 7.09.